The van der Waals surface area contributed by atoms with Gasteiger partial charge in [-0.05, 0) is 36.2 Å². The average Bonchev–Trinajstić information content (AvgIpc) is 3.05. The molecular weight excluding hydrogens is 446 g/mol. The van der Waals surface area contributed by atoms with Crippen molar-refractivity contribution < 1.29 is 23.5 Å². The summed E-state index contributed by atoms with van der Waals surface area (Å²) in [4.78, 5) is 27.7. The highest BCUT2D eigenvalue weighted by Gasteiger charge is 2.56. The van der Waals surface area contributed by atoms with E-state index in [-0.39, 0.29) is 24.1 Å². The minimum absolute atomic E-state index is 0.159. The number of benzene rings is 2. The van der Waals surface area contributed by atoms with Crippen LogP contribution in [0.5, 0.6) is 0 Å². The fraction of sp³-hybridized carbons (Fsp3) is 0.407. The van der Waals surface area contributed by atoms with Crippen molar-refractivity contribution in [1.29, 1.82) is 0 Å². The lowest BCUT2D eigenvalue weighted by atomic mass is 10.1. The molecule has 7 heteroatoms. The lowest BCUT2D eigenvalue weighted by Crippen LogP contribution is -2.56. The van der Waals surface area contributed by atoms with Crippen molar-refractivity contribution >= 4 is 20.2 Å². The Hall–Kier alpha value is -2.74. The van der Waals surface area contributed by atoms with Crippen molar-refractivity contribution in [1.82, 2.24) is 4.90 Å². The Balaban J connectivity index is 2.13. The first kappa shape index (κ1) is 25.9. The van der Waals surface area contributed by atoms with Gasteiger partial charge in [-0.3, -0.25) is 9.69 Å². The average molecular weight is 482 g/mol. The second-order valence-electron chi connectivity index (χ2n) is 9.90. The highest BCUT2D eigenvalue weighted by Crippen LogP contribution is 2.46. The maximum absolute atomic E-state index is 13.8. The molecule has 0 aromatic heterocycles. The molecule has 0 unspecified atom stereocenters. The Bertz CT molecular complexity index is 1020. The zero-order valence-electron chi connectivity index (χ0n) is 20.9. The van der Waals surface area contributed by atoms with Gasteiger partial charge in [-0.1, -0.05) is 81.4 Å². The largest absolute Gasteiger partial charge is 0.463 e. The van der Waals surface area contributed by atoms with Crippen molar-refractivity contribution in [3.05, 3.63) is 83.9 Å². The fourth-order valence-electron chi connectivity index (χ4n) is 3.50. The molecule has 1 fully saturated rings. The van der Waals surface area contributed by atoms with E-state index < -0.39 is 26.3 Å². The van der Waals surface area contributed by atoms with Gasteiger partial charge >= 0.3 is 5.97 Å². The zero-order chi connectivity index (χ0) is 25.0. The standard InChI is InChI=1S/C27H35NO5Si/c1-7-31-23(29)18-19-27(33-34(5,6)26(2,3)4)28(20-21-14-10-8-11-15-21)25(30)24(32-27)22-16-12-9-13-17-22/h8-19,24H,7,20H2,1-6H3/b19-18-/t24-,27-/m0/s1. The van der Waals surface area contributed by atoms with Gasteiger partial charge in [0.25, 0.3) is 11.8 Å². The summed E-state index contributed by atoms with van der Waals surface area (Å²) < 4.78 is 18.4. The molecule has 6 nitrogen and oxygen atoms in total. The molecule has 1 amide bonds. The van der Waals surface area contributed by atoms with Crippen LogP contribution >= 0.6 is 0 Å². The second-order valence-corrected chi connectivity index (χ2v) is 14.6. The molecule has 1 aliphatic rings. The van der Waals surface area contributed by atoms with Gasteiger partial charge in [0, 0.05) is 12.2 Å². The van der Waals surface area contributed by atoms with E-state index in [1.807, 2.05) is 60.7 Å². The molecule has 0 radical (unpaired) electrons. The smallest absolute Gasteiger partial charge is 0.330 e. The third-order valence-electron chi connectivity index (χ3n) is 6.36. The highest BCUT2D eigenvalue weighted by atomic mass is 28.4. The Labute approximate surface area is 203 Å². The summed E-state index contributed by atoms with van der Waals surface area (Å²) in [6, 6.07) is 19.1. The summed E-state index contributed by atoms with van der Waals surface area (Å²) in [5, 5.41) is -0.159. The molecule has 0 spiro atoms. The van der Waals surface area contributed by atoms with E-state index in [1.54, 1.807) is 11.8 Å². The van der Waals surface area contributed by atoms with Crippen molar-refractivity contribution in [2.45, 2.75) is 64.4 Å². The van der Waals surface area contributed by atoms with Crippen LogP contribution in [0.4, 0.5) is 0 Å². The van der Waals surface area contributed by atoms with Crippen LogP contribution in [0.15, 0.2) is 72.8 Å². The van der Waals surface area contributed by atoms with Gasteiger partial charge < -0.3 is 13.9 Å². The Morgan fingerprint density at radius 3 is 2.24 bits per heavy atom. The van der Waals surface area contributed by atoms with Crippen molar-refractivity contribution in [3.8, 4) is 0 Å². The number of carbonyl (C=O) groups excluding carboxylic acids is 2. The Morgan fingerprint density at radius 2 is 1.68 bits per heavy atom. The first-order valence-corrected chi connectivity index (χ1v) is 14.5. The topological polar surface area (TPSA) is 65.1 Å². The summed E-state index contributed by atoms with van der Waals surface area (Å²) in [5.74, 6) is -2.29. The number of amides is 1. The lowest BCUT2D eigenvalue weighted by molar-refractivity contribution is -0.211. The molecule has 0 bridgehead atoms. The minimum Gasteiger partial charge on any atom is -0.463 e. The van der Waals surface area contributed by atoms with Gasteiger partial charge in [0.05, 0.1) is 13.2 Å². The lowest BCUT2D eigenvalue weighted by Gasteiger charge is -2.45. The quantitative estimate of drug-likeness (QED) is 0.280. The number of hydrogen-bond donors (Lipinski definition) is 0. The van der Waals surface area contributed by atoms with E-state index in [0.29, 0.717) is 0 Å². The third-order valence-corrected chi connectivity index (χ3v) is 10.8. The van der Waals surface area contributed by atoms with Crippen LogP contribution in [-0.2, 0) is 30.0 Å². The van der Waals surface area contributed by atoms with Gasteiger partial charge in [-0.15, -0.1) is 0 Å². The van der Waals surface area contributed by atoms with Crippen LogP contribution in [0.2, 0.25) is 18.1 Å². The summed E-state index contributed by atoms with van der Waals surface area (Å²) in [5.41, 5.74) is 1.66. The Morgan fingerprint density at radius 1 is 1.09 bits per heavy atom. The molecule has 182 valence electrons. The van der Waals surface area contributed by atoms with E-state index in [9.17, 15) is 9.59 Å². The van der Waals surface area contributed by atoms with E-state index >= 15 is 0 Å². The number of hydrogen-bond acceptors (Lipinski definition) is 5. The van der Waals surface area contributed by atoms with Crippen LogP contribution in [0, 0.1) is 0 Å². The van der Waals surface area contributed by atoms with Crippen molar-refractivity contribution in [3.63, 3.8) is 0 Å². The molecule has 0 aliphatic carbocycles. The number of ether oxygens (including phenoxy) is 2. The van der Waals surface area contributed by atoms with Gasteiger partial charge in [-0.2, -0.15) is 0 Å². The monoisotopic (exact) mass is 481 g/mol. The van der Waals surface area contributed by atoms with E-state index in [0.717, 1.165) is 11.1 Å². The molecule has 1 saturated heterocycles. The molecule has 1 aliphatic heterocycles. The molecular formula is C27H35NO5Si. The maximum atomic E-state index is 13.8. The summed E-state index contributed by atoms with van der Waals surface area (Å²) in [6.45, 7) is 12.8. The van der Waals surface area contributed by atoms with Crippen LogP contribution in [-0.4, -0.2) is 37.6 Å². The molecule has 2 atom stereocenters. The number of nitrogens with zero attached hydrogens (tertiary/aromatic N) is 1. The first-order valence-electron chi connectivity index (χ1n) is 11.6. The predicted molar refractivity (Wildman–Crippen MR) is 134 cm³/mol. The van der Waals surface area contributed by atoms with E-state index in [4.69, 9.17) is 13.9 Å². The van der Waals surface area contributed by atoms with Crippen LogP contribution in [0.25, 0.3) is 0 Å². The summed E-state index contributed by atoms with van der Waals surface area (Å²) in [7, 11) is -2.47. The van der Waals surface area contributed by atoms with E-state index in [1.165, 1.54) is 12.2 Å². The zero-order valence-corrected chi connectivity index (χ0v) is 21.9. The van der Waals surface area contributed by atoms with Crippen LogP contribution < -0.4 is 0 Å². The van der Waals surface area contributed by atoms with Crippen molar-refractivity contribution in [2.24, 2.45) is 0 Å². The van der Waals surface area contributed by atoms with Gasteiger partial charge in [0.15, 0.2) is 14.4 Å². The highest BCUT2D eigenvalue weighted by molar-refractivity contribution is 6.74. The third kappa shape index (κ3) is 5.66. The van der Waals surface area contributed by atoms with E-state index in [2.05, 4.69) is 33.9 Å². The minimum atomic E-state index is -2.47. The Kier molecular flexibility index (Phi) is 7.80. The fourth-order valence-corrected chi connectivity index (χ4v) is 4.76. The first-order chi connectivity index (χ1) is 16.0. The maximum Gasteiger partial charge on any atom is 0.330 e. The SMILES string of the molecule is CCOC(=O)/C=C\[C@@]1(O[Si](C)(C)C(C)(C)C)O[C@@H](c2ccccc2)C(=O)N1Cc1ccccc1. The van der Waals surface area contributed by atoms with Gasteiger partial charge in [-0.25, -0.2) is 4.79 Å². The number of carbonyl (C=O) groups is 2. The predicted octanol–water partition coefficient (Wildman–Crippen LogP) is 5.58. The molecule has 3 rings (SSSR count). The molecule has 0 N–H and O–H groups in total. The van der Waals surface area contributed by atoms with Crippen molar-refractivity contribution in [2.75, 3.05) is 6.61 Å². The van der Waals surface area contributed by atoms with Crippen LogP contribution in [0.1, 0.15) is 44.9 Å². The summed E-state index contributed by atoms with van der Waals surface area (Å²) in [6.07, 6.45) is 1.98. The molecule has 2 aromatic carbocycles. The second kappa shape index (κ2) is 10.3. The van der Waals surface area contributed by atoms with Gasteiger partial charge in [0.2, 0.25) is 0 Å². The summed E-state index contributed by atoms with van der Waals surface area (Å²) >= 11 is 0. The molecule has 34 heavy (non-hydrogen) atoms. The van der Waals surface area contributed by atoms with Crippen LogP contribution in [0.3, 0.4) is 0 Å². The van der Waals surface area contributed by atoms with Gasteiger partial charge in [0.1, 0.15) is 0 Å². The normalized spacial score (nSPS) is 21.3. The number of rotatable bonds is 8. The number of esters is 1. The molecule has 2 aromatic rings. The molecule has 0 saturated carbocycles. The molecule has 1 heterocycles.